The smallest absolute Gasteiger partial charge is 0.315 e. The third kappa shape index (κ3) is 4.07. The van der Waals surface area contributed by atoms with Crippen molar-refractivity contribution in [3.8, 4) is 0 Å². The number of carbonyl (C=O) groups is 1. The van der Waals surface area contributed by atoms with Gasteiger partial charge in [-0.2, -0.15) is 0 Å². The van der Waals surface area contributed by atoms with Crippen molar-refractivity contribution < 1.29 is 9.53 Å². The summed E-state index contributed by atoms with van der Waals surface area (Å²) in [5.41, 5.74) is 0.142. The van der Waals surface area contributed by atoms with Gasteiger partial charge in [-0.25, -0.2) is 0 Å². The Labute approximate surface area is 117 Å². The zero-order chi connectivity index (χ0) is 13.9. The predicted molar refractivity (Wildman–Crippen MR) is 76.7 cm³/mol. The van der Waals surface area contributed by atoms with Crippen LogP contribution in [0.5, 0.6) is 0 Å². The molecule has 1 unspecified atom stereocenters. The van der Waals surface area contributed by atoms with Crippen molar-refractivity contribution in [3.05, 3.63) is 11.8 Å². The lowest BCUT2D eigenvalue weighted by Crippen LogP contribution is -2.49. The van der Waals surface area contributed by atoms with Crippen LogP contribution in [-0.2, 0) is 9.53 Å². The zero-order valence-corrected chi connectivity index (χ0v) is 12.6. The molecule has 0 amide bonds. The first kappa shape index (κ1) is 14.6. The van der Waals surface area contributed by atoms with Gasteiger partial charge in [0.15, 0.2) is 0 Å². The summed E-state index contributed by atoms with van der Waals surface area (Å²) in [7, 11) is 0. The summed E-state index contributed by atoms with van der Waals surface area (Å²) in [6.07, 6.45) is 8.52. The lowest BCUT2D eigenvalue weighted by Gasteiger charge is -2.40. The number of piperidine rings is 1. The molecule has 0 aromatic carbocycles. The minimum absolute atomic E-state index is 0.0119. The number of allylic oxidation sites excluding steroid dienone is 2. The molecule has 0 bridgehead atoms. The summed E-state index contributed by atoms with van der Waals surface area (Å²) >= 11 is 0. The Kier molecular flexibility index (Phi) is 4.67. The number of carbonyl (C=O) groups excluding carboxylic acids is 1. The van der Waals surface area contributed by atoms with Crippen molar-refractivity contribution >= 4 is 5.97 Å². The Balaban J connectivity index is 1.90. The monoisotopic (exact) mass is 265 g/mol. The average Bonchev–Trinajstić information content (AvgIpc) is 2.39. The maximum absolute atomic E-state index is 12.2. The highest BCUT2D eigenvalue weighted by molar-refractivity contribution is 5.74. The molecule has 1 atom stereocenters. The van der Waals surface area contributed by atoms with Gasteiger partial charge in [-0.3, -0.25) is 9.69 Å². The largest absolute Gasteiger partial charge is 0.431 e. The summed E-state index contributed by atoms with van der Waals surface area (Å²) in [6.45, 7) is 8.57. The molecule has 0 aromatic rings. The van der Waals surface area contributed by atoms with Gasteiger partial charge in [-0.1, -0.05) is 0 Å². The first-order valence-electron chi connectivity index (χ1n) is 7.62. The van der Waals surface area contributed by atoms with Gasteiger partial charge in [0, 0.05) is 18.5 Å². The molecule has 2 rings (SSSR count). The van der Waals surface area contributed by atoms with Crippen LogP contribution >= 0.6 is 0 Å². The van der Waals surface area contributed by atoms with Gasteiger partial charge < -0.3 is 4.74 Å². The molecule has 2 aliphatic rings. The number of rotatable bonds is 2. The average molecular weight is 265 g/mol. The van der Waals surface area contributed by atoms with Crippen molar-refractivity contribution in [2.45, 2.75) is 64.8 Å². The van der Waals surface area contributed by atoms with Gasteiger partial charge in [0.25, 0.3) is 0 Å². The molecule has 1 aliphatic heterocycles. The lowest BCUT2D eigenvalue weighted by molar-refractivity contribution is -0.147. The Morgan fingerprint density at radius 3 is 2.74 bits per heavy atom. The fraction of sp³-hybridized carbons (Fsp3) is 0.812. The minimum Gasteiger partial charge on any atom is -0.431 e. The van der Waals surface area contributed by atoms with Crippen LogP contribution in [0.15, 0.2) is 11.8 Å². The molecule has 1 heterocycles. The van der Waals surface area contributed by atoms with E-state index >= 15 is 0 Å². The standard InChI is InChI=1S/C16H27NO2/c1-16(2,3)17-11-7-8-13(12-17)15(18)19-14-9-5-4-6-10-14/h9,13H,4-8,10-12H2,1-3H3. The van der Waals surface area contributed by atoms with Gasteiger partial charge in [0.05, 0.1) is 5.92 Å². The molecule has 108 valence electrons. The molecular weight excluding hydrogens is 238 g/mol. The highest BCUT2D eigenvalue weighted by Crippen LogP contribution is 2.26. The normalized spacial score (nSPS) is 25.8. The van der Waals surface area contributed by atoms with E-state index in [0.717, 1.165) is 51.0 Å². The van der Waals surface area contributed by atoms with Crippen LogP contribution in [0.4, 0.5) is 0 Å². The molecule has 1 fully saturated rings. The van der Waals surface area contributed by atoms with E-state index in [1.165, 1.54) is 6.42 Å². The summed E-state index contributed by atoms with van der Waals surface area (Å²) in [5.74, 6) is 0.946. The van der Waals surface area contributed by atoms with Crippen molar-refractivity contribution in [2.24, 2.45) is 5.92 Å². The van der Waals surface area contributed by atoms with E-state index in [1.54, 1.807) is 0 Å². The van der Waals surface area contributed by atoms with Crippen LogP contribution in [0.3, 0.4) is 0 Å². The summed E-state index contributed by atoms with van der Waals surface area (Å²) in [5, 5.41) is 0. The molecule has 0 radical (unpaired) electrons. The van der Waals surface area contributed by atoms with Gasteiger partial charge in [0.2, 0.25) is 0 Å². The van der Waals surface area contributed by atoms with E-state index in [-0.39, 0.29) is 17.4 Å². The fourth-order valence-corrected chi connectivity index (χ4v) is 2.89. The number of nitrogens with zero attached hydrogens (tertiary/aromatic N) is 1. The third-order valence-corrected chi connectivity index (χ3v) is 4.18. The maximum atomic E-state index is 12.2. The molecule has 0 saturated carbocycles. The Bertz CT molecular complexity index is 354. The Hall–Kier alpha value is -0.830. The van der Waals surface area contributed by atoms with Gasteiger partial charge in [0.1, 0.15) is 5.76 Å². The topological polar surface area (TPSA) is 29.5 Å². The second-order valence-corrected chi connectivity index (χ2v) is 6.79. The second-order valence-electron chi connectivity index (χ2n) is 6.79. The first-order chi connectivity index (χ1) is 8.97. The van der Waals surface area contributed by atoms with Crippen LogP contribution < -0.4 is 0 Å². The number of hydrogen-bond acceptors (Lipinski definition) is 3. The first-order valence-corrected chi connectivity index (χ1v) is 7.62. The third-order valence-electron chi connectivity index (χ3n) is 4.18. The van der Waals surface area contributed by atoms with Gasteiger partial charge in [-0.15, -0.1) is 0 Å². The van der Waals surface area contributed by atoms with E-state index in [9.17, 15) is 4.79 Å². The van der Waals surface area contributed by atoms with E-state index in [2.05, 4.69) is 31.7 Å². The van der Waals surface area contributed by atoms with E-state index in [4.69, 9.17) is 4.74 Å². The van der Waals surface area contributed by atoms with Crippen LogP contribution in [0.1, 0.15) is 59.3 Å². The maximum Gasteiger partial charge on any atom is 0.315 e. The lowest BCUT2D eigenvalue weighted by atomic mass is 9.93. The van der Waals surface area contributed by atoms with Crippen molar-refractivity contribution in [1.29, 1.82) is 0 Å². The summed E-state index contributed by atoms with van der Waals surface area (Å²) < 4.78 is 5.59. The Morgan fingerprint density at radius 1 is 1.32 bits per heavy atom. The molecule has 0 aromatic heterocycles. The number of esters is 1. The molecule has 3 nitrogen and oxygen atoms in total. The highest BCUT2D eigenvalue weighted by atomic mass is 16.5. The number of hydrogen-bond donors (Lipinski definition) is 0. The quantitative estimate of drug-likeness (QED) is 0.716. The van der Waals surface area contributed by atoms with Crippen LogP contribution in [-0.4, -0.2) is 29.5 Å². The van der Waals surface area contributed by atoms with Crippen LogP contribution in [0, 0.1) is 5.92 Å². The highest BCUT2D eigenvalue weighted by Gasteiger charge is 2.32. The second kappa shape index (κ2) is 6.08. The van der Waals surface area contributed by atoms with E-state index in [1.807, 2.05) is 0 Å². The van der Waals surface area contributed by atoms with E-state index < -0.39 is 0 Å². The molecule has 0 N–H and O–H groups in total. The minimum atomic E-state index is -0.0119. The Morgan fingerprint density at radius 2 is 2.11 bits per heavy atom. The van der Waals surface area contributed by atoms with Gasteiger partial charge in [-0.05, 0) is 65.5 Å². The predicted octanol–water partition coefficient (Wildman–Crippen LogP) is 3.50. The molecule has 1 saturated heterocycles. The molecule has 19 heavy (non-hydrogen) atoms. The van der Waals surface area contributed by atoms with E-state index in [0.29, 0.717) is 0 Å². The summed E-state index contributed by atoms with van der Waals surface area (Å²) in [4.78, 5) is 14.6. The number of likely N-dealkylation sites (tertiary alicyclic amines) is 1. The fourth-order valence-electron chi connectivity index (χ4n) is 2.89. The van der Waals surface area contributed by atoms with Crippen molar-refractivity contribution in [1.82, 2.24) is 4.90 Å². The zero-order valence-electron chi connectivity index (χ0n) is 12.6. The van der Waals surface area contributed by atoms with Crippen LogP contribution in [0.25, 0.3) is 0 Å². The number of ether oxygens (including phenoxy) is 1. The van der Waals surface area contributed by atoms with Crippen molar-refractivity contribution in [3.63, 3.8) is 0 Å². The van der Waals surface area contributed by atoms with Crippen molar-refractivity contribution in [2.75, 3.05) is 13.1 Å². The van der Waals surface area contributed by atoms with Crippen LogP contribution in [0.2, 0.25) is 0 Å². The molecule has 0 spiro atoms. The SMILES string of the molecule is CC(C)(C)N1CCCC(C(=O)OC2=CCCCC2)C1. The molecule has 1 aliphatic carbocycles. The van der Waals surface area contributed by atoms with Gasteiger partial charge >= 0.3 is 5.97 Å². The molecule has 3 heteroatoms. The summed E-state index contributed by atoms with van der Waals surface area (Å²) in [6, 6.07) is 0. The molecular formula is C16H27NO2.